The highest BCUT2D eigenvalue weighted by Crippen LogP contribution is 2.42. The second-order valence-corrected chi connectivity index (χ2v) is 20.8. The summed E-state index contributed by atoms with van der Waals surface area (Å²) < 4.78 is 13.1. The molecule has 0 saturated carbocycles. The number of aryl methyl sites for hydroxylation is 2. The van der Waals surface area contributed by atoms with Crippen LogP contribution in [0.2, 0.25) is 0 Å². The molecule has 1 unspecified atom stereocenters. The molecule has 2 fully saturated rings. The van der Waals surface area contributed by atoms with E-state index in [4.69, 9.17) is 19.4 Å². The second-order valence-electron chi connectivity index (χ2n) is 17.4. The van der Waals surface area contributed by atoms with Gasteiger partial charge in [0.1, 0.15) is 33.8 Å². The monoisotopic (exact) mass is 859 g/mol. The predicted octanol–water partition coefficient (Wildman–Crippen LogP) is 8.51. The van der Waals surface area contributed by atoms with Crippen molar-refractivity contribution < 1.29 is 9.47 Å². The van der Waals surface area contributed by atoms with Gasteiger partial charge in [-0.05, 0) is 81.4 Å². The maximum absolute atomic E-state index is 10.7. The molecule has 6 heterocycles. The molecular formula is C48H57N7O2S3. The highest BCUT2D eigenvalue weighted by Gasteiger charge is 2.37. The van der Waals surface area contributed by atoms with Gasteiger partial charge < -0.3 is 24.2 Å². The van der Waals surface area contributed by atoms with Crippen LogP contribution in [0, 0.1) is 22.7 Å². The third kappa shape index (κ3) is 9.96. The van der Waals surface area contributed by atoms with Gasteiger partial charge >= 0.3 is 0 Å². The zero-order chi connectivity index (χ0) is 41.7. The Kier molecular flexibility index (Phi) is 13.7. The lowest BCUT2D eigenvalue weighted by atomic mass is 9.84. The van der Waals surface area contributed by atoms with E-state index < -0.39 is 5.60 Å². The maximum Gasteiger partial charge on any atom is 0.135 e. The van der Waals surface area contributed by atoms with Crippen LogP contribution in [-0.2, 0) is 54.8 Å². The van der Waals surface area contributed by atoms with Crippen molar-refractivity contribution in [3.8, 4) is 12.1 Å². The number of nitriles is 2. The topological polar surface area (TPSA) is 102 Å². The van der Waals surface area contributed by atoms with Gasteiger partial charge in [0.05, 0.1) is 35.5 Å². The van der Waals surface area contributed by atoms with Crippen LogP contribution in [0.15, 0.2) is 64.6 Å². The van der Waals surface area contributed by atoms with Gasteiger partial charge in [-0.2, -0.15) is 22.3 Å². The summed E-state index contributed by atoms with van der Waals surface area (Å²) in [4.78, 5) is 17.7. The van der Waals surface area contributed by atoms with Gasteiger partial charge in [0.25, 0.3) is 0 Å². The van der Waals surface area contributed by atoms with Gasteiger partial charge in [0.2, 0.25) is 0 Å². The number of hydrogen-bond acceptors (Lipinski definition) is 12. The summed E-state index contributed by atoms with van der Waals surface area (Å²) in [7, 11) is 2.19. The van der Waals surface area contributed by atoms with E-state index in [1.165, 1.54) is 16.7 Å². The van der Waals surface area contributed by atoms with Crippen LogP contribution >= 0.6 is 35.3 Å². The number of rotatable bonds is 12. The van der Waals surface area contributed by atoms with Gasteiger partial charge in [0.15, 0.2) is 0 Å². The van der Waals surface area contributed by atoms with Crippen LogP contribution in [0.1, 0.15) is 77.3 Å². The fraction of sp³-hybridized carbons (Fsp3) is 0.500. The highest BCUT2D eigenvalue weighted by atomic mass is 32.2. The lowest BCUT2D eigenvalue weighted by Crippen LogP contribution is -2.40. The van der Waals surface area contributed by atoms with Crippen LogP contribution in [0.5, 0.6) is 0 Å². The fourth-order valence-corrected chi connectivity index (χ4v) is 11.9. The van der Waals surface area contributed by atoms with E-state index in [-0.39, 0.29) is 5.60 Å². The zero-order valence-corrected chi connectivity index (χ0v) is 38.0. The van der Waals surface area contributed by atoms with Crippen molar-refractivity contribution in [3.05, 3.63) is 105 Å². The number of fused-ring (bicyclic) bond motifs is 2. The van der Waals surface area contributed by atoms with Crippen molar-refractivity contribution in [1.82, 2.24) is 14.9 Å². The van der Waals surface area contributed by atoms with Crippen molar-refractivity contribution in [2.75, 3.05) is 79.1 Å². The molecule has 0 N–H and O–H groups in total. The standard InChI is InChI=1S/C48H57N7O2S3/c1-47(2)28-37-39(30-49)45(52-44(41(37)32-56-47)55-20-24-58-25-21-55)60-23-15-35-12-8-13-36(26-35)27-48(3)29-38-40(31-50)46(59-22-14-34-10-6-5-7-11-34)51-43(42(38)33-57-48)54-17-9-16-53(4)18-19-54/h5-8,10-13,26H,9,14-25,27-29,32-33H2,1-4H3. The Bertz CT molecular complexity index is 2250. The van der Waals surface area contributed by atoms with Gasteiger partial charge in [0, 0.05) is 86.1 Å². The molecule has 4 aliphatic heterocycles. The Morgan fingerprint density at radius 3 is 1.97 bits per heavy atom. The average Bonchev–Trinajstić information content (AvgIpc) is 3.47. The fourth-order valence-electron chi connectivity index (χ4n) is 8.99. The molecule has 1 atom stereocenters. The van der Waals surface area contributed by atoms with Crippen LogP contribution in [0.25, 0.3) is 0 Å². The summed E-state index contributed by atoms with van der Waals surface area (Å²) >= 11 is 5.39. The van der Waals surface area contributed by atoms with Crippen molar-refractivity contribution in [1.29, 1.82) is 10.5 Å². The summed E-state index contributed by atoms with van der Waals surface area (Å²) in [5.41, 5.74) is 8.80. The van der Waals surface area contributed by atoms with E-state index in [1.807, 2.05) is 11.8 Å². The second kappa shape index (κ2) is 19.1. The lowest BCUT2D eigenvalue weighted by Gasteiger charge is -2.38. The third-order valence-electron chi connectivity index (χ3n) is 12.3. The van der Waals surface area contributed by atoms with Crippen LogP contribution < -0.4 is 9.80 Å². The summed E-state index contributed by atoms with van der Waals surface area (Å²) in [6, 6.07) is 24.6. The van der Waals surface area contributed by atoms with E-state index in [1.54, 1.807) is 23.5 Å². The van der Waals surface area contributed by atoms with E-state index in [2.05, 4.69) is 109 Å². The van der Waals surface area contributed by atoms with E-state index in [0.717, 1.165) is 132 Å². The summed E-state index contributed by atoms with van der Waals surface area (Å²) in [6.45, 7) is 13.2. The number of pyridine rings is 2. The summed E-state index contributed by atoms with van der Waals surface area (Å²) in [5.74, 6) is 5.85. The maximum atomic E-state index is 10.7. The van der Waals surface area contributed by atoms with E-state index in [9.17, 15) is 10.5 Å². The summed E-state index contributed by atoms with van der Waals surface area (Å²) in [5, 5.41) is 22.9. The van der Waals surface area contributed by atoms with Gasteiger partial charge in [-0.25, -0.2) is 9.97 Å². The highest BCUT2D eigenvalue weighted by molar-refractivity contribution is 7.99. The van der Waals surface area contributed by atoms with Crippen LogP contribution in [0.3, 0.4) is 0 Å². The molecule has 4 aliphatic rings. The first-order valence-electron chi connectivity index (χ1n) is 21.4. The number of likely N-dealkylation sites (N-methyl/N-ethyl adjacent to an activating group) is 1. The minimum absolute atomic E-state index is 0.318. The quantitative estimate of drug-likeness (QED) is 0.128. The number of anilines is 2. The number of aromatic nitrogens is 2. The largest absolute Gasteiger partial charge is 0.370 e. The minimum atomic E-state index is -0.481. The normalized spacial score (nSPS) is 20.4. The number of ether oxygens (including phenoxy) is 2. The molecule has 0 spiro atoms. The van der Waals surface area contributed by atoms with E-state index >= 15 is 0 Å². The molecule has 314 valence electrons. The Hall–Kier alpha value is -3.75. The number of nitrogens with zero attached hydrogens (tertiary/aromatic N) is 7. The minimum Gasteiger partial charge on any atom is -0.370 e. The molecule has 60 heavy (non-hydrogen) atoms. The Balaban J connectivity index is 1.000. The Morgan fingerprint density at radius 2 is 1.28 bits per heavy atom. The molecule has 0 aliphatic carbocycles. The van der Waals surface area contributed by atoms with Crippen molar-refractivity contribution in [2.24, 2.45) is 0 Å². The molecule has 8 rings (SSSR count). The van der Waals surface area contributed by atoms with Crippen LogP contribution in [-0.4, -0.2) is 95.4 Å². The Labute approximate surface area is 369 Å². The van der Waals surface area contributed by atoms with E-state index in [0.29, 0.717) is 37.2 Å². The van der Waals surface area contributed by atoms with Crippen molar-refractivity contribution >= 4 is 46.9 Å². The van der Waals surface area contributed by atoms with Crippen LogP contribution in [0.4, 0.5) is 11.6 Å². The molecule has 2 saturated heterocycles. The molecule has 2 aromatic carbocycles. The first-order valence-corrected chi connectivity index (χ1v) is 24.6. The van der Waals surface area contributed by atoms with Gasteiger partial charge in [-0.15, -0.1) is 23.5 Å². The number of thioether (sulfide) groups is 3. The molecule has 4 aromatic rings. The SMILES string of the molecule is CN1CCCN(c2nc(SCCc3ccccc3)c(C#N)c3c2COC(C)(Cc2cccc(CCSc4nc(N5CCSCC5)c5c(c4C#N)CC(C)(C)OC5)c2)C3)CC1. The molecule has 0 radical (unpaired) electrons. The zero-order valence-electron chi connectivity index (χ0n) is 35.6. The Morgan fingerprint density at radius 1 is 0.683 bits per heavy atom. The first-order chi connectivity index (χ1) is 29.1. The smallest absolute Gasteiger partial charge is 0.135 e. The van der Waals surface area contributed by atoms with Gasteiger partial charge in [-0.1, -0.05) is 54.6 Å². The number of benzene rings is 2. The molecule has 9 nitrogen and oxygen atoms in total. The van der Waals surface area contributed by atoms with Crippen molar-refractivity contribution in [2.45, 2.75) is 93.8 Å². The molecule has 12 heteroatoms. The summed E-state index contributed by atoms with van der Waals surface area (Å²) in [6.07, 6.45) is 4.96. The predicted molar refractivity (Wildman–Crippen MR) is 247 cm³/mol. The molecule has 0 amide bonds. The van der Waals surface area contributed by atoms with Crippen molar-refractivity contribution in [3.63, 3.8) is 0 Å². The third-order valence-corrected chi connectivity index (χ3v) is 15.2. The number of hydrogen-bond donors (Lipinski definition) is 0. The average molecular weight is 860 g/mol. The molecule has 2 aromatic heterocycles. The lowest BCUT2D eigenvalue weighted by molar-refractivity contribution is -0.0536. The van der Waals surface area contributed by atoms with Gasteiger partial charge in [-0.3, -0.25) is 0 Å². The molecule has 0 bridgehead atoms. The molecular weight excluding hydrogens is 803 g/mol. The first kappa shape index (κ1) is 42.9.